The van der Waals surface area contributed by atoms with Gasteiger partial charge in [-0.2, -0.15) is 5.10 Å². The molecule has 1 aromatic heterocycles. The zero-order chi connectivity index (χ0) is 21.4. The molecule has 0 bridgehead atoms. The van der Waals surface area contributed by atoms with Gasteiger partial charge in [0.1, 0.15) is 6.17 Å². The van der Waals surface area contributed by atoms with Crippen LogP contribution in [0, 0.1) is 0 Å². The molecule has 2 aliphatic heterocycles. The zero-order valence-electron chi connectivity index (χ0n) is 17.8. The highest BCUT2D eigenvalue weighted by molar-refractivity contribution is 6.01. The summed E-state index contributed by atoms with van der Waals surface area (Å²) in [5, 5.41) is 8.32. The average Bonchev–Trinajstić information content (AvgIpc) is 3.01. The van der Waals surface area contributed by atoms with Crippen LogP contribution in [0.1, 0.15) is 41.9 Å². The monoisotopic (exact) mass is 418 g/mol. The molecular weight excluding hydrogens is 392 g/mol. The number of nitrogens with one attached hydrogen (secondary N) is 1. The topological polar surface area (TPSA) is 68.6 Å². The minimum Gasteiger partial charge on any atom is -0.490 e. The Morgan fingerprint density at radius 2 is 1.94 bits per heavy atom. The molecule has 0 saturated carbocycles. The SMILES string of the molecule is CCCN1C(=O)c2ccccc2N[C@H]1c1cn(C)nc1-c1ccc2c(c1)OCCCO2. The van der Waals surface area contributed by atoms with Crippen LogP contribution in [-0.4, -0.2) is 40.3 Å². The summed E-state index contributed by atoms with van der Waals surface area (Å²) in [6.07, 6.45) is 3.41. The lowest BCUT2D eigenvalue weighted by Gasteiger charge is -2.37. The van der Waals surface area contributed by atoms with Gasteiger partial charge in [0.15, 0.2) is 11.5 Å². The van der Waals surface area contributed by atoms with E-state index < -0.39 is 0 Å². The Labute approximate surface area is 181 Å². The second-order valence-electron chi connectivity index (χ2n) is 7.91. The summed E-state index contributed by atoms with van der Waals surface area (Å²) in [7, 11) is 1.90. The third kappa shape index (κ3) is 3.50. The minimum atomic E-state index is -0.304. The predicted molar refractivity (Wildman–Crippen MR) is 118 cm³/mol. The van der Waals surface area contributed by atoms with Gasteiger partial charge in [-0.1, -0.05) is 19.1 Å². The Morgan fingerprint density at radius 1 is 1.13 bits per heavy atom. The van der Waals surface area contributed by atoms with Crippen molar-refractivity contribution in [2.24, 2.45) is 7.05 Å². The number of amides is 1. The fourth-order valence-electron chi connectivity index (χ4n) is 4.25. The molecule has 0 radical (unpaired) electrons. The van der Waals surface area contributed by atoms with Crippen LogP contribution >= 0.6 is 0 Å². The van der Waals surface area contributed by atoms with Crippen LogP contribution in [0.2, 0.25) is 0 Å². The van der Waals surface area contributed by atoms with E-state index in [-0.39, 0.29) is 12.1 Å². The van der Waals surface area contributed by atoms with Crippen molar-refractivity contribution in [2.75, 3.05) is 25.1 Å². The number of rotatable bonds is 4. The summed E-state index contributed by atoms with van der Waals surface area (Å²) in [6.45, 7) is 4.02. The number of aryl methyl sites for hydroxylation is 1. The summed E-state index contributed by atoms with van der Waals surface area (Å²) in [4.78, 5) is 15.2. The number of hydrogen-bond acceptors (Lipinski definition) is 5. The number of para-hydroxylation sites is 1. The molecular formula is C24H26N4O3. The standard InChI is InChI=1S/C24H26N4O3/c1-3-11-28-23(25-19-8-5-4-7-17(19)24(28)29)18-15-27(2)26-22(18)16-9-10-20-21(14-16)31-13-6-12-30-20/h4-5,7-10,14-15,23,25H,3,6,11-13H2,1-2H3/t23-/m1/s1. The molecule has 160 valence electrons. The molecule has 31 heavy (non-hydrogen) atoms. The maximum absolute atomic E-state index is 13.3. The maximum atomic E-state index is 13.3. The third-order valence-corrected chi connectivity index (χ3v) is 5.66. The summed E-state index contributed by atoms with van der Waals surface area (Å²) < 4.78 is 13.5. The first-order valence-corrected chi connectivity index (χ1v) is 10.8. The first-order valence-electron chi connectivity index (χ1n) is 10.8. The van der Waals surface area contributed by atoms with E-state index in [9.17, 15) is 4.79 Å². The number of hydrogen-bond donors (Lipinski definition) is 1. The van der Waals surface area contributed by atoms with Crippen molar-refractivity contribution in [2.45, 2.75) is 25.9 Å². The predicted octanol–water partition coefficient (Wildman–Crippen LogP) is 4.22. The highest BCUT2D eigenvalue weighted by Gasteiger charge is 2.34. The van der Waals surface area contributed by atoms with Gasteiger partial charge in [0.25, 0.3) is 5.91 Å². The van der Waals surface area contributed by atoms with Gasteiger partial charge in [0.05, 0.1) is 24.5 Å². The van der Waals surface area contributed by atoms with Crippen LogP contribution < -0.4 is 14.8 Å². The van der Waals surface area contributed by atoms with E-state index in [1.807, 2.05) is 60.6 Å². The summed E-state index contributed by atoms with van der Waals surface area (Å²) >= 11 is 0. The summed E-state index contributed by atoms with van der Waals surface area (Å²) in [5.74, 6) is 1.52. The first-order chi connectivity index (χ1) is 15.2. The molecule has 1 N–H and O–H groups in total. The maximum Gasteiger partial charge on any atom is 0.257 e. The van der Waals surface area contributed by atoms with E-state index in [4.69, 9.17) is 14.6 Å². The van der Waals surface area contributed by atoms with Gasteiger partial charge in [0, 0.05) is 43.0 Å². The Balaban J connectivity index is 1.59. The molecule has 1 amide bonds. The molecule has 7 heteroatoms. The summed E-state index contributed by atoms with van der Waals surface area (Å²) in [5.41, 5.74) is 4.26. The van der Waals surface area contributed by atoms with Gasteiger partial charge in [0.2, 0.25) is 0 Å². The number of nitrogens with zero attached hydrogens (tertiary/aromatic N) is 3. The van der Waals surface area contributed by atoms with Crippen molar-refractivity contribution in [3.8, 4) is 22.8 Å². The van der Waals surface area contributed by atoms with E-state index in [0.717, 1.165) is 46.8 Å². The third-order valence-electron chi connectivity index (χ3n) is 5.66. The molecule has 7 nitrogen and oxygen atoms in total. The normalized spacial score (nSPS) is 17.7. The fraction of sp³-hybridized carbons (Fsp3) is 0.333. The molecule has 3 heterocycles. The van der Waals surface area contributed by atoms with Crippen LogP contribution in [0.3, 0.4) is 0 Å². The van der Waals surface area contributed by atoms with Crippen molar-refractivity contribution in [1.29, 1.82) is 0 Å². The van der Waals surface area contributed by atoms with Crippen LogP contribution in [0.15, 0.2) is 48.7 Å². The van der Waals surface area contributed by atoms with Gasteiger partial charge in [-0.25, -0.2) is 0 Å². The van der Waals surface area contributed by atoms with Crippen LogP contribution in [0.4, 0.5) is 5.69 Å². The van der Waals surface area contributed by atoms with Crippen molar-refractivity contribution in [3.63, 3.8) is 0 Å². The number of anilines is 1. The highest BCUT2D eigenvalue weighted by atomic mass is 16.5. The number of carbonyl (C=O) groups is 1. The molecule has 1 atom stereocenters. The first kappa shape index (κ1) is 19.5. The Kier molecular flexibility index (Phi) is 5.02. The van der Waals surface area contributed by atoms with Crippen molar-refractivity contribution in [1.82, 2.24) is 14.7 Å². The number of fused-ring (bicyclic) bond motifs is 2. The quantitative estimate of drug-likeness (QED) is 0.687. The largest absolute Gasteiger partial charge is 0.490 e. The number of aromatic nitrogens is 2. The van der Waals surface area contributed by atoms with Gasteiger partial charge >= 0.3 is 0 Å². The van der Waals surface area contributed by atoms with Gasteiger partial charge < -0.3 is 19.7 Å². The number of ether oxygens (including phenoxy) is 2. The molecule has 3 aromatic rings. The molecule has 0 fully saturated rings. The van der Waals surface area contributed by atoms with Gasteiger partial charge in [-0.3, -0.25) is 9.48 Å². The summed E-state index contributed by atoms with van der Waals surface area (Å²) in [6, 6.07) is 13.6. The molecule has 0 spiro atoms. The van der Waals surface area contributed by atoms with E-state index in [0.29, 0.717) is 25.3 Å². The van der Waals surface area contributed by atoms with Gasteiger partial charge in [-0.15, -0.1) is 0 Å². The van der Waals surface area contributed by atoms with Crippen LogP contribution in [0.5, 0.6) is 11.5 Å². The van der Waals surface area contributed by atoms with Crippen molar-refractivity contribution < 1.29 is 14.3 Å². The van der Waals surface area contributed by atoms with Gasteiger partial charge in [-0.05, 0) is 36.8 Å². The molecule has 2 aliphatic rings. The zero-order valence-corrected chi connectivity index (χ0v) is 17.8. The highest BCUT2D eigenvalue weighted by Crippen LogP contribution is 2.39. The lowest BCUT2D eigenvalue weighted by molar-refractivity contribution is 0.0683. The second kappa shape index (κ2) is 7.98. The lowest BCUT2D eigenvalue weighted by atomic mass is 10.0. The van der Waals surface area contributed by atoms with Crippen molar-refractivity contribution >= 4 is 11.6 Å². The Hall–Kier alpha value is -3.48. The Bertz CT molecular complexity index is 1120. The number of benzene rings is 2. The van der Waals surface area contributed by atoms with E-state index in [1.165, 1.54) is 0 Å². The molecule has 2 aromatic carbocycles. The second-order valence-corrected chi connectivity index (χ2v) is 7.91. The van der Waals surface area contributed by atoms with Crippen molar-refractivity contribution in [3.05, 3.63) is 59.8 Å². The molecule has 0 aliphatic carbocycles. The smallest absolute Gasteiger partial charge is 0.257 e. The molecule has 5 rings (SSSR count). The minimum absolute atomic E-state index is 0.0367. The van der Waals surface area contributed by atoms with Crippen LogP contribution in [0.25, 0.3) is 11.3 Å². The van der Waals surface area contributed by atoms with E-state index >= 15 is 0 Å². The average molecular weight is 418 g/mol. The Morgan fingerprint density at radius 3 is 2.77 bits per heavy atom. The lowest BCUT2D eigenvalue weighted by Crippen LogP contribution is -2.43. The fourth-order valence-corrected chi connectivity index (χ4v) is 4.25. The number of carbonyl (C=O) groups excluding carboxylic acids is 1. The van der Waals surface area contributed by atoms with E-state index in [1.54, 1.807) is 4.68 Å². The van der Waals surface area contributed by atoms with Crippen LogP contribution in [-0.2, 0) is 7.05 Å². The molecule has 0 unspecified atom stereocenters. The molecule has 0 saturated heterocycles. The van der Waals surface area contributed by atoms with E-state index in [2.05, 4.69) is 12.2 Å².